The molecule has 4 saturated heterocycles. The van der Waals surface area contributed by atoms with Crippen LogP contribution in [-0.2, 0) is 42.0 Å². The third-order valence-electron chi connectivity index (χ3n) is 14.2. The Hall–Kier alpha value is -3.73. The van der Waals surface area contributed by atoms with Crippen LogP contribution in [0.15, 0.2) is 53.0 Å². The van der Waals surface area contributed by atoms with Gasteiger partial charge in [0.2, 0.25) is 6.23 Å². The molecular formula is C48H55Cl2F2HfN7O5. The van der Waals surface area contributed by atoms with E-state index in [1.54, 1.807) is 29.2 Å². The van der Waals surface area contributed by atoms with Crippen molar-refractivity contribution in [1.29, 1.82) is 0 Å². The first-order valence-corrected chi connectivity index (χ1v) is 23.5. The largest absolute Gasteiger partial charge is 0.493 e. The van der Waals surface area contributed by atoms with E-state index in [2.05, 4.69) is 33.9 Å². The number of ether oxygens (including phenoxy) is 1. The van der Waals surface area contributed by atoms with Crippen LogP contribution >= 0.6 is 23.2 Å². The van der Waals surface area contributed by atoms with E-state index >= 15 is 8.78 Å². The van der Waals surface area contributed by atoms with E-state index < -0.39 is 17.9 Å². The van der Waals surface area contributed by atoms with Crippen LogP contribution in [0.4, 0.5) is 14.5 Å². The number of nitrogens with one attached hydrogen (secondary N) is 1. The van der Waals surface area contributed by atoms with Gasteiger partial charge in [-0.3, -0.25) is 9.59 Å². The van der Waals surface area contributed by atoms with Crippen LogP contribution in [0, 0.1) is 17.7 Å². The molecule has 1 spiro atoms. The molecule has 4 fully saturated rings. The summed E-state index contributed by atoms with van der Waals surface area (Å²) in [7, 11) is 0. The van der Waals surface area contributed by atoms with Gasteiger partial charge in [-0.15, -0.1) is 11.1 Å². The van der Waals surface area contributed by atoms with Crippen molar-refractivity contribution in [1.82, 2.24) is 19.6 Å². The van der Waals surface area contributed by atoms with Crippen LogP contribution in [0.2, 0.25) is 5.02 Å². The van der Waals surface area contributed by atoms with Gasteiger partial charge in [0.15, 0.2) is 11.7 Å². The van der Waals surface area contributed by atoms with Crippen LogP contribution in [0.5, 0.6) is 5.75 Å². The number of hydrogen-bond donors (Lipinski definition) is 2. The minimum atomic E-state index is -0.847. The van der Waals surface area contributed by atoms with E-state index in [9.17, 15) is 19.5 Å². The Morgan fingerprint density at radius 1 is 0.985 bits per heavy atom. The standard InChI is InChI=1S/C48H55Cl2F2N7O5.Hf/c1-30(49)46(61)57-22-20-56(21-23-57)45-34-27-36(50)41(43(52)44(34)53-29-54-45)42-37(51)11-8-12-39(42)64-26-6-4-2-3-5-17-55-18-15-31(16-19-55)32-9-7-10-33-35(32)28-58(47(33)62)38-13-14-40(60)59(24-25-59)48(38)63;/h8-12,27,31,38,48,53,63H,1-6,13-26,28-29H2;. The number of unbranched alkanes of at least 4 members (excludes halogenated alkanes) is 4. The Bertz CT molecular complexity index is 2370. The summed E-state index contributed by atoms with van der Waals surface area (Å²) in [6, 6.07) is 12.8. The summed E-state index contributed by atoms with van der Waals surface area (Å²) in [5.41, 5.74) is 3.51. The van der Waals surface area contributed by atoms with Gasteiger partial charge >= 0.3 is 5.91 Å². The Kier molecular flexibility index (Phi) is 14.9. The SMILES string of the molecule is C=C(Cl)C(=O)N1CCN(C2=NCNc3c2cc(Cl)c(-c2c(F)cccc2OCCCCCCCN2CCC(c4c[c-]cc5c4CN(C4CCC(=O)[N+]6(CC6)C4O)C5=O)CC2)c3F)CC1.[Hf]. The quantitative estimate of drug-likeness (QED) is 0.0465. The number of rotatable bonds is 13. The molecule has 2 unspecified atom stereocenters. The third-order valence-corrected chi connectivity index (χ3v) is 14.7. The van der Waals surface area contributed by atoms with E-state index in [-0.39, 0.29) is 93.4 Å². The van der Waals surface area contributed by atoms with Gasteiger partial charge in [0, 0.05) is 69.7 Å². The molecule has 3 aromatic carbocycles. The maximum Gasteiger partial charge on any atom is 0.316 e. The average molecular weight is 1100 g/mol. The number of piperidine rings is 2. The molecule has 3 amide bonds. The van der Waals surface area contributed by atoms with Crippen LogP contribution in [0.3, 0.4) is 0 Å². The molecule has 12 nitrogen and oxygen atoms in total. The van der Waals surface area contributed by atoms with E-state index in [4.69, 9.17) is 27.9 Å². The van der Waals surface area contributed by atoms with Crippen LogP contribution in [0.1, 0.15) is 90.8 Å². The normalized spacial score (nSPS) is 21.7. The smallest absolute Gasteiger partial charge is 0.316 e. The number of anilines is 1. The van der Waals surface area contributed by atoms with Gasteiger partial charge in [0.25, 0.3) is 5.91 Å². The van der Waals surface area contributed by atoms with E-state index in [1.807, 2.05) is 9.80 Å². The number of aliphatic hydroxyl groups is 1. The second kappa shape index (κ2) is 20.2. The summed E-state index contributed by atoms with van der Waals surface area (Å²) >= 11 is 12.6. The van der Waals surface area contributed by atoms with Gasteiger partial charge in [-0.05, 0) is 69.9 Å². The first-order valence-electron chi connectivity index (χ1n) is 22.7. The molecule has 0 saturated carbocycles. The minimum Gasteiger partial charge on any atom is -0.493 e. The van der Waals surface area contributed by atoms with Crippen molar-refractivity contribution in [3.05, 3.63) is 93.0 Å². The molecule has 3 aromatic rings. The van der Waals surface area contributed by atoms with Gasteiger partial charge in [0.1, 0.15) is 43.2 Å². The van der Waals surface area contributed by atoms with Crippen molar-refractivity contribution in [2.24, 2.45) is 4.99 Å². The van der Waals surface area contributed by atoms with Crippen molar-refractivity contribution in [2.45, 2.75) is 82.5 Å². The number of halogens is 4. The molecule has 17 heteroatoms. The number of hydrogen-bond acceptors (Lipinski definition) is 9. The van der Waals surface area contributed by atoms with Crippen LogP contribution in [0.25, 0.3) is 11.1 Å². The monoisotopic (exact) mass is 1100 g/mol. The van der Waals surface area contributed by atoms with Crippen molar-refractivity contribution in [2.75, 3.05) is 77.5 Å². The van der Waals surface area contributed by atoms with E-state index in [0.29, 0.717) is 88.1 Å². The molecule has 6 aliphatic rings. The molecule has 9 rings (SSSR count). The fourth-order valence-electron chi connectivity index (χ4n) is 10.5. The molecular weight excluding hydrogens is 1040 g/mol. The number of aliphatic hydroxyl groups excluding tert-OH is 1. The van der Waals surface area contributed by atoms with E-state index in [0.717, 1.165) is 70.1 Å². The minimum absolute atomic E-state index is 0. The Labute approximate surface area is 407 Å². The molecule has 0 bridgehead atoms. The summed E-state index contributed by atoms with van der Waals surface area (Å²) < 4.78 is 38.3. The first-order chi connectivity index (χ1) is 31.0. The molecule has 2 N–H and O–H groups in total. The number of piperazine rings is 1. The van der Waals surface area contributed by atoms with Crippen LogP contribution < -0.4 is 10.1 Å². The molecule has 0 radical (unpaired) electrons. The number of carbonyl (C=O) groups excluding carboxylic acids is 3. The predicted octanol–water partition coefficient (Wildman–Crippen LogP) is 7.11. The number of likely N-dealkylation sites (tertiary alicyclic amines) is 1. The molecule has 6 heterocycles. The molecule has 0 aliphatic carbocycles. The molecule has 0 aromatic heterocycles. The second-order valence-electron chi connectivity index (χ2n) is 17.9. The summed E-state index contributed by atoms with van der Waals surface area (Å²) in [6.07, 6.45) is 6.98. The maximum absolute atomic E-state index is 16.5. The summed E-state index contributed by atoms with van der Waals surface area (Å²) in [4.78, 5) is 51.0. The fourth-order valence-corrected chi connectivity index (χ4v) is 10.9. The Morgan fingerprint density at radius 2 is 1.72 bits per heavy atom. The zero-order valence-electron chi connectivity index (χ0n) is 36.5. The number of amidine groups is 1. The second-order valence-corrected chi connectivity index (χ2v) is 18.8. The molecule has 2 atom stereocenters. The fraction of sp³-hybridized carbons (Fsp3) is 0.500. The molecule has 65 heavy (non-hydrogen) atoms. The summed E-state index contributed by atoms with van der Waals surface area (Å²) in [5.74, 6) is -0.473. The van der Waals surface area contributed by atoms with Crippen molar-refractivity contribution < 1.29 is 63.3 Å². The van der Waals surface area contributed by atoms with Gasteiger partial charge < -0.3 is 34.8 Å². The van der Waals surface area contributed by atoms with Crippen molar-refractivity contribution >= 4 is 52.4 Å². The maximum atomic E-state index is 16.5. The Balaban J connectivity index is 0.00000576. The van der Waals surface area contributed by atoms with Crippen molar-refractivity contribution in [3.8, 4) is 16.9 Å². The third kappa shape index (κ3) is 9.44. The van der Waals surface area contributed by atoms with Gasteiger partial charge in [-0.1, -0.05) is 66.6 Å². The number of nitrogens with zero attached hydrogens (tertiary/aromatic N) is 6. The van der Waals surface area contributed by atoms with Gasteiger partial charge in [-0.2, -0.15) is 18.2 Å². The van der Waals surface area contributed by atoms with Gasteiger partial charge in [-0.25, -0.2) is 23.1 Å². The number of amides is 3. The number of quaternary nitrogens is 1. The summed E-state index contributed by atoms with van der Waals surface area (Å²) in [5, 5.41) is 14.2. The number of fused-ring (bicyclic) bond motifs is 2. The average Bonchev–Trinajstić information content (AvgIpc) is 4.04. The molecule has 6 aliphatic heterocycles. The van der Waals surface area contributed by atoms with Crippen molar-refractivity contribution in [3.63, 3.8) is 0 Å². The summed E-state index contributed by atoms with van der Waals surface area (Å²) in [6.45, 7) is 10.5. The zero-order chi connectivity index (χ0) is 44.7. The Morgan fingerprint density at radius 3 is 2.46 bits per heavy atom. The van der Waals surface area contributed by atoms with Gasteiger partial charge in [0.05, 0.1) is 34.3 Å². The zero-order valence-corrected chi connectivity index (χ0v) is 41.6. The number of benzene rings is 3. The number of carbonyl (C=O) groups is 3. The van der Waals surface area contributed by atoms with E-state index in [1.165, 1.54) is 11.6 Å². The van der Waals surface area contributed by atoms with Crippen LogP contribution in [-0.4, -0.2) is 137 Å². The predicted molar refractivity (Wildman–Crippen MR) is 241 cm³/mol. The number of aliphatic imine (C=N–C) groups is 1. The first kappa shape index (κ1) is 47.8. The topological polar surface area (TPSA) is 118 Å². The molecule has 344 valence electrons.